The summed E-state index contributed by atoms with van der Waals surface area (Å²) in [5, 5.41) is 3.66. The summed E-state index contributed by atoms with van der Waals surface area (Å²) in [4.78, 5) is 0. The Morgan fingerprint density at radius 1 is 1.27 bits per heavy atom. The number of hydrogen-bond donors (Lipinski definition) is 1. The van der Waals surface area contributed by atoms with Crippen LogP contribution in [0.4, 0.5) is 0 Å². The lowest BCUT2D eigenvalue weighted by molar-refractivity contribution is 0.220. The number of nitrogens with one attached hydrogen (secondary N) is 1. The fraction of sp³-hybridized carbons (Fsp3) is 1.00. The summed E-state index contributed by atoms with van der Waals surface area (Å²) in [5.74, 6) is 0. The fourth-order valence-electron chi connectivity index (χ4n) is 1.18. The second kappa shape index (κ2) is 3.14. The van der Waals surface area contributed by atoms with Gasteiger partial charge >= 0.3 is 0 Å². The Morgan fingerprint density at radius 2 is 1.82 bits per heavy atom. The lowest BCUT2D eigenvalue weighted by Crippen LogP contribution is -2.46. The van der Waals surface area contributed by atoms with E-state index < -0.39 is 0 Å². The van der Waals surface area contributed by atoms with Crippen LogP contribution in [0.15, 0.2) is 0 Å². The van der Waals surface area contributed by atoms with Crippen LogP contribution in [0.2, 0.25) is 0 Å². The standard InChI is InChI=1S/C10H21N/c1-8(10(2,3)4)11-9-6-5-7-9/h8-9,11H,5-7H2,1-4H3. The van der Waals surface area contributed by atoms with Crippen LogP contribution in [0.3, 0.4) is 0 Å². The van der Waals surface area contributed by atoms with Gasteiger partial charge in [0.2, 0.25) is 0 Å². The van der Waals surface area contributed by atoms with Crippen LogP contribution in [0.5, 0.6) is 0 Å². The summed E-state index contributed by atoms with van der Waals surface area (Å²) in [6.45, 7) is 9.17. The van der Waals surface area contributed by atoms with E-state index in [0.717, 1.165) is 6.04 Å². The molecule has 0 heterocycles. The van der Waals surface area contributed by atoms with E-state index in [4.69, 9.17) is 0 Å². The molecule has 0 aromatic heterocycles. The van der Waals surface area contributed by atoms with Crippen LogP contribution < -0.4 is 5.32 Å². The highest BCUT2D eigenvalue weighted by Crippen LogP contribution is 2.24. The summed E-state index contributed by atoms with van der Waals surface area (Å²) >= 11 is 0. The molecule has 11 heavy (non-hydrogen) atoms. The number of rotatable bonds is 2. The van der Waals surface area contributed by atoms with Gasteiger partial charge in [0, 0.05) is 12.1 Å². The molecule has 0 aromatic carbocycles. The van der Waals surface area contributed by atoms with Crippen LogP contribution in [-0.4, -0.2) is 12.1 Å². The van der Waals surface area contributed by atoms with Crippen LogP contribution in [-0.2, 0) is 0 Å². The Bertz CT molecular complexity index is 119. The Morgan fingerprint density at radius 3 is 2.09 bits per heavy atom. The Labute approximate surface area is 70.6 Å². The molecule has 0 bridgehead atoms. The molecule has 0 radical (unpaired) electrons. The molecule has 1 aliphatic carbocycles. The third-order valence-electron chi connectivity index (χ3n) is 2.89. The molecule has 1 rings (SSSR count). The van der Waals surface area contributed by atoms with E-state index in [1.807, 2.05) is 0 Å². The van der Waals surface area contributed by atoms with Gasteiger partial charge in [0.15, 0.2) is 0 Å². The molecule has 1 nitrogen and oxygen atoms in total. The first-order chi connectivity index (χ1) is 5.00. The van der Waals surface area contributed by atoms with Crippen molar-refractivity contribution in [1.82, 2.24) is 5.32 Å². The van der Waals surface area contributed by atoms with Crippen molar-refractivity contribution in [2.75, 3.05) is 0 Å². The van der Waals surface area contributed by atoms with E-state index in [1.165, 1.54) is 19.3 Å². The van der Waals surface area contributed by atoms with Crippen LogP contribution in [0, 0.1) is 5.41 Å². The van der Waals surface area contributed by atoms with E-state index in [2.05, 4.69) is 33.0 Å². The Hall–Kier alpha value is -0.0400. The van der Waals surface area contributed by atoms with Gasteiger partial charge in [-0.3, -0.25) is 0 Å². The molecule has 1 N–H and O–H groups in total. The third-order valence-corrected chi connectivity index (χ3v) is 2.89. The van der Waals surface area contributed by atoms with Crippen molar-refractivity contribution >= 4 is 0 Å². The van der Waals surface area contributed by atoms with Crippen molar-refractivity contribution < 1.29 is 0 Å². The van der Waals surface area contributed by atoms with Crippen molar-refractivity contribution in [3.8, 4) is 0 Å². The highest BCUT2D eigenvalue weighted by Gasteiger charge is 2.25. The Balaban J connectivity index is 2.24. The first-order valence-corrected chi connectivity index (χ1v) is 4.76. The van der Waals surface area contributed by atoms with Crippen molar-refractivity contribution in [1.29, 1.82) is 0 Å². The predicted molar refractivity (Wildman–Crippen MR) is 49.7 cm³/mol. The van der Waals surface area contributed by atoms with Gasteiger partial charge in [-0.1, -0.05) is 27.2 Å². The molecule has 0 amide bonds. The van der Waals surface area contributed by atoms with E-state index in [0.29, 0.717) is 11.5 Å². The van der Waals surface area contributed by atoms with Crippen molar-refractivity contribution in [3.05, 3.63) is 0 Å². The maximum atomic E-state index is 3.66. The average Bonchev–Trinajstić information content (AvgIpc) is 1.75. The smallest absolute Gasteiger partial charge is 0.00898 e. The molecule has 1 fully saturated rings. The van der Waals surface area contributed by atoms with Crippen LogP contribution in [0.1, 0.15) is 47.0 Å². The average molecular weight is 155 g/mol. The minimum absolute atomic E-state index is 0.412. The maximum absolute atomic E-state index is 3.66. The van der Waals surface area contributed by atoms with Crippen LogP contribution >= 0.6 is 0 Å². The summed E-state index contributed by atoms with van der Waals surface area (Å²) in [6, 6.07) is 1.47. The Kier molecular flexibility index (Phi) is 2.58. The van der Waals surface area contributed by atoms with E-state index in [9.17, 15) is 0 Å². The normalized spacial score (nSPS) is 22.9. The molecule has 1 atom stereocenters. The highest BCUT2D eigenvalue weighted by molar-refractivity contribution is 4.84. The minimum Gasteiger partial charge on any atom is -0.311 e. The molecule has 1 unspecified atom stereocenters. The molecule has 1 heteroatoms. The summed E-state index contributed by atoms with van der Waals surface area (Å²) in [6.07, 6.45) is 4.20. The molecule has 66 valence electrons. The molecule has 1 aliphatic rings. The van der Waals surface area contributed by atoms with Gasteiger partial charge in [-0.2, -0.15) is 0 Å². The molecule has 0 aliphatic heterocycles. The van der Waals surface area contributed by atoms with Crippen molar-refractivity contribution in [2.45, 2.75) is 59.0 Å². The summed E-state index contributed by atoms with van der Waals surface area (Å²) < 4.78 is 0. The van der Waals surface area contributed by atoms with E-state index >= 15 is 0 Å². The largest absolute Gasteiger partial charge is 0.311 e. The quantitative estimate of drug-likeness (QED) is 0.646. The van der Waals surface area contributed by atoms with Gasteiger partial charge in [0.25, 0.3) is 0 Å². The third kappa shape index (κ3) is 2.48. The van der Waals surface area contributed by atoms with E-state index in [-0.39, 0.29) is 0 Å². The molecule has 1 saturated carbocycles. The first-order valence-electron chi connectivity index (χ1n) is 4.76. The van der Waals surface area contributed by atoms with E-state index in [1.54, 1.807) is 0 Å². The second-order valence-corrected chi connectivity index (χ2v) is 4.88. The van der Waals surface area contributed by atoms with Gasteiger partial charge in [-0.25, -0.2) is 0 Å². The van der Waals surface area contributed by atoms with Crippen molar-refractivity contribution in [3.63, 3.8) is 0 Å². The van der Waals surface area contributed by atoms with Crippen LogP contribution in [0.25, 0.3) is 0 Å². The zero-order valence-electron chi connectivity index (χ0n) is 8.28. The van der Waals surface area contributed by atoms with Crippen molar-refractivity contribution in [2.24, 2.45) is 5.41 Å². The van der Waals surface area contributed by atoms with Gasteiger partial charge in [-0.15, -0.1) is 0 Å². The first kappa shape index (κ1) is 9.05. The predicted octanol–water partition coefficient (Wildman–Crippen LogP) is 2.56. The lowest BCUT2D eigenvalue weighted by atomic mass is 9.85. The second-order valence-electron chi connectivity index (χ2n) is 4.88. The lowest BCUT2D eigenvalue weighted by Gasteiger charge is -2.36. The monoisotopic (exact) mass is 155 g/mol. The van der Waals surface area contributed by atoms with Gasteiger partial charge < -0.3 is 5.32 Å². The SMILES string of the molecule is CC(NC1CCC1)C(C)(C)C. The highest BCUT2D eigenvalue weighted by atomic mass is 15.0. The molecular formula is C10H21N. The number of hydrogen-bond acceptors (Lipinski definition) is 1. The molecular weight excluding hydrogens is 134 g/mol. The molecule has 0 saturated heterocycles. The zero-order chi connectivity index (χ0) is 8.48. The fourth-order valence-corrected chi connectivity index (χ4v) is 1.18. The zero-order valence-corrected chi connectivity index (χ0v) is 8.28. The molecule has 0 aromatic rings. The maximum Gasteiger partial charge on any atom is 0.00898 e. The summed E-state index contributed by atoms with van der Waals surface area (Å²) in [5.41, 5.74) is 0.412. The topological polar surface area (TPSA) is 12.0 Å². The molecule has 0 spiro atoms. The van der Waals surface area contributed by atoms with Gasteiger partial charge in [-0.05, 0) is 25.2 Å². The van der Waals surface area contributed by atoms with Gasteiger partial charge in [0.1, 0.15) is 0 Å². The van der Waals surface area contributed by atoms with Gasteiger partial charge in [0.05, 0.1) is 0 Å². The summed E-state index contributed by atoms with van der Waals surface area (Å²) in [7, 11) is 0. The minimum atomic E-state index is 0.412.